The molecule has 1 aliphatic heterocycles. The Bertz CT molecular complexity index is 600. The quantitative estimate of drug-likeness (QED) is 0.357. The molecule has 1 aromatic carbocycles. The molecule has 0 bridgehead atoms. The van der Waals surface area contributed by atoms with Gasteiger partial charge in [-0.1, -0.05) is 26.2 Å². The number of esters is 1. The third kappa shape index (κ3) is 6.24. The first-order valence-electron chi connectivity index (χ1n) is 9.70. The molecule has 0 amide bonds. The van der Waals surface area contributed by atoms with Crippen molar-refractivity contribution in [1.29, 1.82) is 0 Å². The maximum absolute atomic E-state index is 12.0. The van der Waals surface area contributed by atoms with Crippen molar-refractivity contribution in [1.82, 2.24) is 0 Å². The van der Waals surface area contributed by atoms with E-state index in [1.165, 1.54) is 30.6 Å². The van der Waals surface area contributed by atoms with Gasteiger partial charge >= 0.3 is 5.97 Å². The second-order valence-electron chi connectivity index (χ2n) is 6.74. The molecule has 0 aromatic heterocycles. The molecule has 0 N–H and O–H groups in total. The first kappa shape index (κ1) is 22.3. The van der Waals surface area contributed by atoms with Crippen LogP contribution in [0.2, 0.25) is 0 Å². The van der Waals surface area contributed by atoms with E-state index in [2.05, 4.69) is 13.0 Å². The third-order valence-electron chi connectivity index (χ3n) is 4.90. The lowest BCUT2D eigenvalue weighted by molar-refractivity contribution is -0.141. The van der Waals surface area contributed by atoms with Gasteiger partial charge in [0.25, 0.3) is 0 Å². The van der Waals surface area contributed by atoms with Crippen LogP contribution in [0.1, 0.15) is 67.1 Å². The molecule has 1 heterocycles. The molecule has 6 heteroatoms. The lowest BCUT2D eigenvalue weighted by Crippen LogP contribution is -2.12. The Morgan fingerprint density at radius 3 is 2.41 bits per heavy atom. The van der Waals surface area contributed by atoms with Crippen molar-refractivity contribution in [3.05, 3.63) is 23.3 Å². The van der Waals surface area contributed by atoms with Crippen molar-refractivity contribution in [3.8, 4) is 11.5 Å². The van der Waals surface area contributed by atoms with E-state index < -0.39 is 0 Å². The second kappa shape index (κ2) is 11.7. The number of carbonyl (C=O) groups is 1. The lowest BCUT2D eigenvalue weighted by Gasteiger charge is -2.26. The van der Waals surface area contributed by atoms with E-state index >= 15 is 0 Å². The van der Waals surface area contributed by atoms with Crippen molar-refractivity contribution in [2.45, 2.75) is 55.9 Å². The second-order valence-corrected chi connectivity index (χ2v) is 9.46. The molecule has 0 aliphatic carbocycles. The van der Waals surface area contributed by atoms with Crippen molar-refractivity contribution in [3.63, 3.8) is 0 Å². The summed E-state index contributed by atoms with van der Waals surface area (Å²) in [5.41, 5.74) is 2.30. The van der Waals surface area contributed by atoms with Gasteiger partial charge in [0.15, 0.2) is 0 Å². The Kier molecular flexibility index (Phi) is 9.69. The fourth-order valence-electron chi connectivity index (χ4n) is 3.41. The van der Waals surface area contributed by atoms with Gasteiger partial charge in [0, 0.05) is 11.6 Å². The molecule has 1 fully saturated rings. The molecule has 4 nitrogen and oxygen atoms in total. The zero-order valence-corrected chi connectivity index (χ0v) is 18.5. The minimum absolute atomic E-state index is 0.0993. The van der Waals surface area contributed by atoms with Crippen molar-refractivity contribution in [2.75, 3.05) is 32.8 Å². The van der Waals surface area contributed by atoms with E-state index in [-0.39, 0.29) is 11.9 Å². The standard InChI is InChI=1S/C21H32O4S2/c1-5-6-7-9-15(12-20(22)25-4)16-13-17(21-26-10-8-11-27-21)19(24-3)14-18(16)23-2/h13-15,21H,5-12H2,1-4H3. The van der Waals surface area contributed by atoms with Crippen LogP contribution in [-0.2, 0) is 9.53 Å². The summed E-state index contributed by atoms with van der Waals surface area (Å²) in [6.45, 7) is 2.19. The average molecular weight is 413 g/mol. The van der Waals surface area contributed by atoms with E-state index in [0.29, 0.717) is 11.0 Å². The SMILES string of the molecule is CCCCCC(CC(=O)OC)c1cc(C2SCCCS2)c(OC)cc1OC. The molecule has 152 valence electrons. The van der Waals surface area contributed by atoms with Gasteiger partial charge in [-0.15, -0.1) is 23.5 Å². The van der Waals surface area contributed by atoms with E-state index in [1.807, 2.05) is 29.6 Å². The third-order valence-corrected chi connectivity index (χ3v) is 7.88. The molecule has 0 saturated carbocycles. The minimum Gasteiger partial charge on any atom is -0.496 e. The average Bonchev–Trinajstić information content (AvgIpc) is 2.72. The zero-order valence-electron chi connectivity index (χ0n) is 16.9. The number of hydrogen-bond acceptors (Lipinski definition) is 6. The lowest BCUT2D eigenvalue weighted by atomic mass is 9.88. The fourth-order valence-corrected chi connectivity index (χ4v) is 6.34. The smallest absolute Gasteiger partial charge is 0.306 e. The minimum atomic E-state index is -0.169. The molecule has 0 radical (unpaired) electrons. The number of benzene rings is 1. The molecule has 1 atom stereocenters. The molecule has 1 unspecified atom stereocenters. The summed E-state index contributed by atoms with van der Waals surface area (Å²) in [4.78, 5) is 12.0. The van der Waals surface area contributed by atoms with E-state index in [0.717, 1.165) is 42.7 Å². The van der Waals surface area contributed by atoms with Crippen LogP contribution in [0.5, 0.6) is 11.5 Å². The number of carbonyl (C=O) groups excluding carboxylic acids is 1. The van der Waals surface area contributed by atoms with Crippen LogP contribution in [0.15, 0.2) is 12.1 Å². The number of ether oxygens (including phenoxy) is 3. The highest BCUT2D eigenvalue weighted by atomic mass is 32.2. The highest BCUT2D eigenvalue weighted by Gasteiger charge is 2.26. The predicted octanol–water partition coefficient (Wildman–Crippen LogP) is 5.80. The Morgan fingerprint density at radius 2 is 1.81 bits per heavy atom. The van der Waals surface area contributed by atoms with Gasteiger partial charge in [-0.2, -0.15) is 0 Å². The van der Waals surface area contributed by atoms with Crippen molar-refractivity contribution >= 4 is 29.5 Å². The van der Waals surface area contributed by atoms with Crippen LogP contribution in [0.25, 0.3) is 0 Å². The number of thioether (sulfide) groups is 2. The van der Waals surface area contributed by atoms with Crippen LogP contribution in [0.3, 0.4) is 0 Å². The number of unbranched alkanes of at least 4 members (excludes halogenated alkanes) is 2. The van der Waals surface area contributed by atoms with Crippen LogP contribution in [0, 0.1) is 0 Å². The summed E-state index contributed by atoms with van der Waals surface area (Å²) < 4.78 is 16.7. The molecule has 1 saturated heterocycles. The molecule has 1 aromatic rings. The molecule has 27 heavy (non-hydrogen) atoms. The zero-order chi connectivity index (χ0) is 19.6. The summed E-state index contributed by atoms with van der Waals surface area (Å²) in [6, 6.07) is 4.21. The Hall–Kier alpha value is -1.01. The Labute approximate surface area is 172 Å². The molecule has 2 rings (SSSR count). The Balaban J connectivity index is 2.40. The number of hydrogen-bond donors (Lipinski definition) is 0. The number of rotatable bonds is 10. The van der Waals surface area contributed by atoms with Crippen molar-refractivity contribution in [2.24, 2.45) is 0 Å². The van der Waals surface area contributed by atoms with Gasteiger partial charge in [-0.05, 0) is 41.9 Å². The predicted molar refractivity (Wildman–Crippen MR) is 115 cm³/mol. The van der Waals surface area contributed by atoms with E-state index in [9.17, 15) is 4.79 Å². The largest absolute Gasteiger partial charge is 0.496 e. The van der Waals surface area contributed by atoms with Gasteiger partial charge < -0.3 is 14.2 Å². The normalized spacial score (nSPS) is 16.0. The van der Waals surface area contributed by atoms with Gasteiger partial charge in [-0.3, -0.25) is 4.79 Å². The van der Waals surface area contributed by atoms with Gasteiger partial charge in [0.05, 0.1) is 32.3 Å². The van der Waals surface area contributed by atoms with Gasteiger partial charge in [-0.25, -0.2) is 0 Å². The monoisotopic (exact) mass is 412 g/mol. The first-order chi connectivity index (χ1) is 13.1. The molecular weight excluding hydrogens is 380 g/mol. The van der Waals surface area contributed by atoms with Crippen LogP contribution < -0.4 is 9.47 Å². The van der Waals surface area contributed by atoms with E-state index in [4.69, 9.17) is 14.2 Å². The maximum atomic E-state index is 12.0. The highest BCUT2D eigenvalue weighted by Crippen LogP contribution is 2.49. The van der Waals surface area contributed by atoms with Crippen LogP contribution >= 0.6 is 23.5 Å². The summed E-state index contributed by atoms with van der Waals surface area (Å²) in [5.74, 6) is 3.94. The maximum Gasteiger partial charge on any atom is 0.306 e. The molecule has 1 aliphatic rings. The van der Waals surface area contributed by atoms with Crippen molar-refractivity contribution < 1.29 is 19.0 Å². The summed E-state index contributed by atoms with van der Waals surface area (Å²) in [7, 11) is 4.85. The Morgan fingerprint density at radius 1 is 1.11 bits per heavy atom. The topological polar surface area (TPSA) is 44.8 Å². The fraction of sp³-hybridized carbons (Fsp3) is 0.667. The highest BCUT2D eigenvalue weighted by molar-refractivity contribution is 8.16. The number of methoxy groups -OCH3 is 3. The van der Waals surface area contributed by atoms with Gasteiger partial charge in [0.1, 0.15) is 11.5 Å². The molecular formula is C21H32O4S2. The van der Waals surface area contributed by atoms with Crippen LogP contribution in [-0.4, -0.2) is 38.8 Å². The summed E-state index contributed by atoms with van der Waals surface area (Å²) >= 11 is 3.94. The summed E-state index contributed by atoms with van der Waals surface area (Å²) in [5, 5.41) is 0. The summed E-state index contributed by atoms with van der Waals surface area (Å²) in [6.07, 6.45) is 6.00. The van der Waals surface area contributed by atoms with Gasteiger partial charge in [0.2, 0.25) is 0 Å². The van der Waals surface area contributed by atoms with Crippen LogP contribution in [0.4, 0.5) is 0 Å². The first-order valence-corrected chi connectivity index (χ1v) is 11.8. The van der Waals surface area contributed by atoms with E-state index in [1.54, 1.807) is 14.2 Å². The molecule has 0 spiro atoms.